The highest BCUT2D eigenvalue weighted by atomic mass is 32.2. The van der Waals surface area contributed by atoms with E-state index in [4.69, 9.17) is 0 Å². The van der Waals surface area contributed by atoms with E-state index < -0.39 is 0 Å². The van der Waals surface area contributed by atoms with E-state index in [9.17, 15) is 9.90 Å². The van der Waals surface area contributed by atoms with Gasteiger partial charge >= 0.3 is 10.8 Å². The molecular weight excluding hydrogens is 392 g/mol. The number of aromatic nitrogens is 4. The fourth-order valence-electron chi connectivity index (χ4n) is 3.00. The maximum Gasteiger partial charge on any atom is 0.391 e. The molecule has 5 aromatic rings. The van der Waals surface area contributed by atoms with Crippen molar-refractivity contribution in [1.29, 1.82) is 0 Å². The van der Waals surface area contributed by atoms with Crippen molar-refractivity contribution in [2.75, 3.05) is 5.75 Å². The van der Waals surface area contributed by atoms with Crippen LogP contribution in [0.5, 0.6) is 5.88 Å². The van der Waals surface area contributed by atoms with Gasteiger partial charge in [0.25, 0.3) is 0 Å². The standard InChI is InChI=1S/C20H12N4O2S2/c25-16(11-27-17-10-21-13-6-2-3-7-14(13)23-17)18-19(26)24-15-8-4-1-5-12(15)9-22-20(24)28-18/h1-10H,11H2/p+1. The van der Waals surface area contributed by atoms with Gasteiger partial charge in [-0.3, -0.25) is 9.78 Å². The van der Waals surface area contributed by atoms with Gasteiger partial charge in [-0.1, -0.05) is 36.0 Å². The number of hydrogen-bond acceptors (Lipinski definition) is 7. The van der Waals surface area contributed by atoms with E-state index in [-0.39, 0.29) is 17.4 Å². The summed E-state index contributed by atoms with van der Waals surface area (Å²) in [4.78, 5) is 26.9. The zero-order chi connectivity index (χ0) is 19.1. The highest BCUT2D eigenvalue weighted by Gasteiger charge is 2.26. The third kappa shape index (κ3) is 2.87. The average molecular weight is 405 g/mol. The number of hydrogen-bond donors (Lipinski definition) is 1. The molecular formula is C20H13N4O2S2+. The number of benzene rings is 2. The van der Waals surface area contributed by atoms with Crippen LogP contribution in [-0.2, 0) is 0 Å². The SMILES string of the molecule is O=C(CSc1cnc2ccccc2n1)c1sc2ncc3ccccc3[n+]2c1O. The number of thioether (sulfide) groups is 1. The Bertz CT molecular complexity index is 1370. The van der Waals surface area contributed by atoms with Crippen molar-refractivity contribution in [2.45, 2.75) is 5.03 Å². The first-order chi connectivity index (χ1) is 13.7. The summed E-state index contributed by atoms with van der Waals surface area (Å²) in [6, 6.07) is 15.2. The molecule has 5 rings (SSSR count). The summed E-state index contributed by atoms with van der Waals surface area (Å²) in [5.41, 5.74) is 2.42. The van der Waals surface area contributed by atoms with Crippen molar-refractivity contribution in [3.63, 3.8) is 0 Å². The van der Waals surface area contributed by atoms with Crippen LogP contribution >= 0.6 is 23.1 Å². The van der Waals surface area contributed by atoms with E-state index in [1.54, 1.807) is 16.8 Å². The Morgan fingerprint density at radius 1 is 1.04 bits per heavy atom. The first-order valence-electron chi connectivity index (χ1n) is 8.50. The number of carbonyl (C=O) groups is 1. The smallest absolute Gasteiger partial charge is 0.391 e. The van der Waals surface area contributed by atoms with Crippen LogP contribution in [-0.4, -0.2) is 31.6 Å². The van der Waals surface area contributed by atoms with Crippen LogP contribution < -0.4 is 4.40 Å². The van der Waals surface area contributed by atoms with E-state index in [2.05, 4.69) is 15.0 Å². The van der Waals surface area contributed by atoms with Crippen molar-refractivity contribution in [1.82, 2.24) is 15.0 Å². The van der Waals surface area contributed by atoms with Gasteiger partial charge in [0.1, 0.15) is 10.5 Å². The van der Waals surface area contributed by atoms with Gasteiger partial charge in [0, 0.05) is 0 Å². The highest BCUT2D eigenvalue weighted by Crippen LogP contribution is 2.27. The molecule has 0 saturated carbocycles. The summed E-state index contributed by atoms with van der Waals surface area (Å²) >= 11 is 2.49. The molecule has 0 radical (unpaired) electrons. The first-order valence-corrected chi connectivity index (χ1v) is 10.3. The molecule has 0 aliphatic carbocycles. The van der Waals surface area contributed by atoms with Crippen LogP contribution in [0.3, 0.4) is 0 Å². The van der Waals surface area contributed by atoms with Gasteiger partial charge < -0.3 is 5.11 Å². The first kappa shape index (κ1) is 17.0. The summed E-state index contributed by atoms with van der Waals surface area (Å²) in [6.45, 7) is 0. The van der Waals surface area contributed by atoms with Crippen LogP contribution in [0.4, 0.5) is 0 Å². The molecule has 0 spiro atoms. The minimum atomic E-state index is -0.169. The number of thiazole rings is 1. The normalized spacial score (nSPS) is 11.4. The van der Waals surface area contributed by atoms with Gasteiger partial charge in [0.15, 0.2) is 16.9 Å². The number of fused-ring (bicyclic) bond motifs is 4. The van der Waals surface area contributed by atoms with Gasteiger partial charge in [-0.25, -0.2) is 4.98 Å². The lowest BCUT2D eigenvalue weighted by Crippen LogP contribution is -2.21. The largest absolute Gasteiger partial charge is 0.476 e. The second-order valence-corrected chi connectivity index (χ2v) is 8.07. The molecule has 3 heterocycles. The maximum absolute atomic E-state index is 12.7. The number of carbonyl (C=O) groups excluding carboxylic acids is 1. The quantitative estimate of drug-likeness (QED) is 0.279. The lowest BCUT2D eigenvalue weighted by molar-refractivity contribution is -0.491. The number of aromatic hydroxyl groups is 1. The molecule has 136 valence electrons. The topological polar surface area (TPSA) is 80.1 Å². The molecule has 0 atom stereocenters. The molecule has 0 unspecified atom stereocenters. The number of Topliss-reactive ketones (excluding diaryl/α,β-unsaturated/α-hetero) is 1. The van der Waals surface area contributed by atoms with Crippen LogP contribution in [0.2, 0.25) is 0 Å². The van der Waals surface area contributed by atoms with Gasteiger partial charge in [-0.05, 0) is 40.6 Å². The van der Waals surface area contributed by atoms with E-state index in [1.165, 1.54) is 23.1 Å². The highest BCUT2D eigenvalue weighted by molar-refractivity contribution is 8.00. The van der Waals surface area contributed by atoms with Crippen molar-refractivity contribution in [3.05, 3.63) is 65.8 Å². The molecule has 0 aliphatic heterocycles. The monoisotopic (exact) mass is 405 g/mol. The molecule has 28 heavy (non-hydrogen) atoms. The summed E-state index contributed by atoms with van der Waals surface area (Å²) in [5.74, 6) is -0.0807. The van der Waals surface area contributed by atoms with E-state index in [0.29, 0.717) is 14.9 Å². The average Bonchev–Trinajstić information content (AvgIpc) is 3.09. The minimum Gasteiger partial charge on any atom is -0.476 e. The Balaban J connectivity index is 1.45. The zero-order valence-corrected chi connectivity index (χ0v) is 16.1. The number of para-hydroxylation sites is 3. The van der Waals surface area contributed by atoms with Crippen molar-refractivity contribution in [3.8, 4) is 5.88 Å². The minimum absolute atomic E-state index is 0.0699. The lowest BCUT2D eigenvalue weighted by atomic mass is 10.2. The van der Waals surface area contributed by atoms with Crippen LogP contribution in [0.15, 0.2) is 66.0 Å². The number of nitrogens with zero attached hydrogens (tertiary/aromatic N) is 4. The Morgan fingerprint density at radius 2 is 1.82 bits per heavy atom. The van der Waals surface area contributed by atoms with E-state index >= 15 is 0 Å². The fraction of sp³-hybridized carbons (Fsp3) is 0.0500. The van der Waals surface area contributed by atoms with E-state index in [0.717, 1.165) is 21.9 Å². The molecule has 6 nitrogen and oxygen atoms in total. The van der Waals surface area contributed by atoms with Crippen LogP contribution in [0, 0.1) is 0 Å². The van der Waals surface area contributed by atoms with Gasteiger partial charge in [-0.2, -0.15) is 0 Å². The van der Waals surface area contributed by atoms with E-state index in [1.807, 2.05) is 48.5 Å². The number of ketones is 1. The predicted molar refractivity (Wildman–Crippen MR) is 109 cm³/mol. The molecule has 0 aliphatic rings. The third-order valence-corrected chi connectivity index (χ3v) is 6.31. The van der Waals surface area contributed by atoms with Crippen LogP contribution in [0.1, 0.15) is 9.67 Å². The molecule has 0 bridgehead atoms. The molecule has 1 N–H and O–H groups in total. The third-order valence-electron chi connectivity index (χ3n) is 4.32. The molecule has 0 fully saturated rings. The second kappa shape index (κ2) is 6.81. The molecule has 2 aromatic carbocycles. The Morgan fingerprint density at radius 3 is 2.71 bits per heavy atom. The van der Waals surface area contributed by atoms with Crippen molar-refractivity contribution in [2.24, 2.45) is 0 Å². The summed E-state index contributed by atoms with van der Waals surface area (Å²) in [5, 5.41) is 12.2. The number of rotatable bonds is 4. The second-order valence-electron chi connectivity index (χ2n) is 6.10. The van der Waals surface area contributed by atoms with Gasteiger partial charge in [0.2, 0.25) is 0 Å². The molecule has 8 heteroatoms. The van der Waals surface area contributed by atoms with Gasteiger partial charge in [0.05, 0.1) is 28.4 Å². The zero-order valence-electron chi connectivity index (χ0n) is 14.4. The summed E-state index contributed by atoms with van der Waals surface area (Å²) in [7, 11) is 0. The molecule has 0 saturated heterocycles. The Hall–Kier alpha value is -3.10. The van der Waals surface area contributed by atoms with Crippen molar-refractivity contribution < 1.29 is 14.3 Å². The maximum atomic E-state index is 12.7. The summed E-state index contributed by atoms with van der Waals surface area (Å²) in [6.07, 6.45) is 3.41. The van der Waals surface area contributed by atoms with Crippen molar-refractivity contribution >= 4 is 55.8 Å². The Labute approximate surface area is 167 Å². The van der Waals surface area contributed by atoms with Crippen LogP contribution in [0.25, 0.3) is 26.9 Å². The summed E-state index contributed by atoms with van der Waals surface area (Å²) < 4.78 is 1.62. The predicted octanol–water partition coefficient (Wildman–Crippen LogP) is 3.66. The van der Waals surface area contributed by atoms with Gasteiger partial charge in [-0.15, -0.1) is 4.40 Å². The fourth-order valence-corrected chi connectivity index (χ4v) is 4.73. The lowest BCUT2D eigenvalue weighted by Gasteiger charge is -2.01. The molecule has 0 amide bonds. The molecule has 3 aromatic heterocycles. The Kier molecular flexibility index (Phi) is 4.14.